The van der Waals surface area contributed by atoms with E-state index < -0.39 is 23.3 Å². The van der Waals surface area contributed by atoms with E-state index in [0.717, 1.165) is 6.20 Å². The molecule has 0 spiro atoms. The van der Waals surface area contributed by atoms with E-state index in [9.17, 15) is 18.0 Å². The van der Waals surface area contributed by atoms with Crippen LogP contribution in [0.5, 0.6) is 0 Å². The van der Waals surface area contributed by atoms with Crippen LogP contribution in [-0.4, -0.2) is 22.8 Å². The van der Waals surface area contributed by atoms with Gasteiger partial charge in [0.2, 0.25) is 0 Å². The van der Waals surface area contributed by atoms with Crippen LogP contribution in [-0.2, 0) is 6.18 Å². The molecule has 0 fully saturated rings. The Kier molecular flexibility index (Phi) is 4.49. The zero-order valence-corrected chi connectivity index (χ0v) is 9.58. The van der Waals surface area contributed by atoms with E-state index in [0.29, 0.717) is 0 Å². The minimum Gasteiger partial charge on any atom is -0.377 e. The summed E-state index contributed by atoms with van der Waals surface area (Å²) < 4.78 is 38.1. The lowest BCUT2D eigenvalue weighted by atomic mass is 10.2. The smallest absolute Gasteiger partial charge is 0.377 e. The molecule has 0 radical (unpaired) electrons. The van der Waals surface area contributed by atoms with Gasteiger partial charge in [-0.2, -0.15) is 18.3 Å². The summed E-state index contributed by atoms with van der Waals surface area (Å²) >= 11 is 0. The van der Waals surface area contributed by atoms with Gasteiger partial charge in [-0.3, -0.25) is 4.79 Å². The monoisotopic (exact) mass is 262 g/mol. The minimum absolute atomic E-state index is 0.284. The van der Waals surface area contributed by atoms with Crippen LogP contribution in [0.25, 0.3) is 0 Å². The fourth-order valence-electron chi connectivity index (χ4n) is 1.37. The predicted molar refractivity (Wildman–Crippen MR) is 61.1 cm³/mol. The number of hydrogen-bond acceptors (Lipinski definition) is 4. The topological polar surface area (TPSA) is 83.8 Å². The lowest BCUT2D eigenvalue weighted by molar-refractivity contribution is -0.138. The average Bonchev–Trinajstić information content (AvgIpc) is 2.24. The maximum atomic E-state index is 12.7. The van der Waals surface area contributed by atoms with Crippen LogP contribution in [0.15, 0.2) is 23.1 Å². The van der Waals surface area contributed by atoms with Crippen molar-refractivity contribution in [1.29, 1.82) is 0 Å². The highest BCUT2D eigenvalue weighted by molar-refractivity contribution is 5.50. The van der Waals surface area contributed by atoms with Gasteiger partial charge in [-0.15, -0.1) is 0 Å². The van der Waals surface area contributed by atoms with Crippen molar-refractivity contribution in [3.05, 3.63) is 34.3 Å². The van der Waals surface area contributed by atoms with Crippen molar-refractivity contribution >= 4 is 5.69 Å². The second kappa shape index (κ2) is 5.67. The van der Waals surface area contributed by atoms with Gasteiger partial charge in [0.05, 0.1) is 11.9 Å². The van der Waals surface area contributed by atoms with Crippen LogP contribution in [0, 0.1) is 0 Å². The standard InChI is InChI=1S/C10H13F3N4O/c1-6(3-2-4-14)16-7-5-15-17-9(18)8(7)10(11,12)13/h2-3,5-6H,4,14H2,1H3,(H2,16,17,18)/b3-2+/t6-/m0/s1. The fraction of sp³-hybridized carbons (Fsp3) is 0.400. The first-order chi connectivity index (χ1) is 8.36. The number of aromatic nitrogens is 2. The van der Waals surface area contributed by atoms with Gasteiger partial charge in [-0.05, 0) is 6.92 Å². The molecule has 4 N–H and O–H groups in total. The second-order valence-electron chi connectivity index (χ2n) is 3.58. The molecule has 0 bridgehead atoms. The summed E-state index contributed by atoms with van der Waals surface area (Å²) in [4.78, 5) is 11.2. The maximum Gasteiger partial charge on any atom is 0.423 e. The van der Waals surface area contributed by atoms with Gasteiger partial charge in [0, 0.05) is 12.6 Å². The molecule has 1 atom stereocenters. The Morgan fingerprint density at radius 1 is 1.61 bits per heavy atom. The van der Waals surface area contributed by atoms with Gasteiger partial charge in [0.1, 0.15) is 5.56 Å². The first-order valence-electron chi connectivity index (χ1n) is 5.14. The number of aromatic amines is 1. The molecule has 0 saturated carbocycles. The molecule has 0 saturated heterocycles. The van der Waals surface area contributed by atoms with Crippen molar-refractivity contribution in [1.82, 2.24) is 10.2 Å². The largest absolute Gasteiger partial charge is 0.423 e. The Morgan fingerprint density at radius 2 is 2.28 bits per heavy atom. The molecule has 0 aromatic carbocycles. The number of rotatable bonds is 4. The SMILES string of the molecule is C[C@@H](/C=C/CN)Nc1cn[nH]c(=O)c1C(F)(F)F. The van der Waals surface area contributed by atoms with E-state index in [-0.39, 0.29) is 12.2 Å². The van der Waals surface area contributed by atoms with Crippen LogP contribution in [0.3, 0.4) is 0 Å². The highest BCUT2D eigenvalue weighted by Gasteiger charge is 2.37. The van der Waals surface area contributed by atoms with Crippen molar-refractivity contribution in [2.45, 2.75) is 19.1 Å². The molecule has 0 amide bonds. The summed E-state index contributed by atoms with van der Waals surface area (Å²) in [6.45, 7) is 1.92. The number of anilines is 1. The van der Waals surface area contributed by atoms with Crippen LogP contribution in [0.1, 0.15) is 12.5 Å². The molecule has 0 unspecified atom stereocenters. The number of nitrogens with two attached hydrogens (primary N) is 1. The van der Waals surface area contributed by atoms with Gasteiger partial charge in [0.15, 0.2) is 0 Å². The molecule has 1 aromatic heterocycles. The van der Waals surface area contributed by atoms with Crippen molar-refractivity contribution < 1.29 is 13.2 Å². The summed E-state index contributed by atoms with van der Waals surface area (Å²) in [5, 5.41) is 7.65. The van der Waals surface area contributed by atoms with Gasteiger partial charge < -0.3 is 11.1 Å². The third kappa shape index (κ3) is 3.59. The lowest BCUT2D eigenvalue weighted by Crippen LogP contribution is -2.26. The van der Waals surface area contributed by atoms with E-state index in [1.165, 1.54) is 0 Å². The molecule has 1 heterocycles. The predicted octanol–water partition coefficient (Wildman–Crippen LogP) is 1.10. The fourth-order valence-corrected chi connectivity index (χ4v) is 1.37. The van der Waals surface area contributed by atoms with E-state index in [2.05, 4.69) is 10.4 Å². The first-order valence-corrected chi connectivity index (χ1v) is 5.14. The first kappa shape index (κ1) is 14.2. The van der Waals surface area contributed by atoms with E-state index in [1.54, 1.807) is 24.2 Å². The average molecular weight is 262 g/mol. The van der Waals surface area contributed by atoms with Crippen LogP contribution >= 0.6 is 0 Å². The Bertz CT molecular complexity index is 481. The highest BCUT2D eigenvalue weighted by atomic mass is 19.4. The second-order valence-corrected chi connectivity index (χ2v) is 3.58. The number of H-pyrrole nitrogens is 1. The van der Waals surface area contributed by atoms with Crippen molar-refractivity contribution in [2.75, 3.05) is 11.9 Å². The van der Waals surface area contributed by atoms with Crippen molar-refractivity contribution in [2.24, 2.45) is 5.73 Å². The van der Waals surface area contributed by atoms with Gasteiger partial charge in [-0.1, -0.05) is 12.2 Å². The van der Waals surface area contributed by atoms with Crippen molar-refractivity contribution in [3.63, 3.8) is 0 Å². The molecule has 18 heavy (non-hydrogen) atoms. The molecule has 8 heteroatoms. The van der Waals surface area contributed by atoms with Gasteiger partial charge >= 0.3 is 6.18 Å². The van der Waals surface area contributed by atoms with Crippen LogP contribution in [0.2, 0.25) is 0 Å². The molecule has 1 rings (SSSR count). The summed E-state index contributed by atoms with van der Waals surface area (Å²) in [5.41, 5.74) is 2.31. The number of alkyl halides is 3. The minimum atomic E-state index is -4.74. The van der Waals surface area contributed by atoms with E-state index in [1.807, 2.05) is 0 Å². The van der Waals surface area contributed by atoms with Gasteiger partial charge in [0.25, 0.3) is 5.56 Å². The normalized spacial score (nSPS) is 13.8. The van der Waals surface area contributed by atoms with Crippen molar-refractivity contribution in [3.8, 4) is 0 Å². The Hall–Kier alpha value is -1.83. The van der Waals surface area contributed by atoms with Crippen LogP contribution < -0.4 is 16.6 Å². The molecule has 100 valence electrons. The van der Waals surface area contributed by atoms with Gasteiger partial charge in [-0.25, -0.2) is 5.10 Å². The Balaban J connectivity index is 3.07. The summed E-state index contributed by atoms with van der Waals surface area (Å²) in [6, 6.07) is -0.404. The third-order valence-corrected chi connectivity index (χ3v) is 2.08. The Labute approximate surface area is 101 Å². The zero-order chi connectivity index (χ0) is 13.8. The summed E-state index contributed by atoms with van der Waals surface area (Å²) in [5.74, 6) is 0. The molecular weight excluding hydrogens is 249 g/mol. The van der Waals surface area contributed by atoms with Crippen LogP contribution in [0.4, 0.5) is 18.9 Å². The molecule has 5 nitrogen and oxygen atoms in total. The maximum absolute atomic E-state index is 12.7. The third-order valence-electron chi connectivity index (χ3n) is 2.08. The number of halogens is 3. The zero-order valence-electron chi connectivity index (χ0n) is 9.58. The molecule has 1 aromatic rings. The molecule has 0 aliphatic rings. The van der Waals surface area contributed by atoms with E-state index >= 15 is 0 Å². The quantitative estimate of drug-likeness (QED) is 0.709. The lowest BCUT2D eigenvalue weighted by Gasteiger charge is -2.15. The molecular formula is C10H13F3N4O. The van der Waals surface area contributed by atoms with E-state index in [4.69, 9.17) is 5.73 Å². The highest BCUT2D eigenvalue weighted by Crippen LogP contribution is 2.31. The Morgan fingerprint density at radius 3 is 2.83 bits per heavy atom. The number of nitrogens with zero attached hydrogens (tertiary/aromatic N) is 1. The summed E-state index contributed by atoms with van der Waals surface area (Å²) in [6.07, 6.45) is -0.611. The summed E-state index contributed by atoms with van der Waals surface area (Å²) in [7, 11) is 0. The number of nitrogens with one attached hydrogen (secondary N) is 2. The molecule has 0 aliphatic carbocycles. The molecule has 0 aliphatic heterocycles. The number of hydrogen-bond donors (Lipinski definition) is 3.